The van der Waals surface area contributed by atoms with Gasteiger partial charge in [0.1, 0.15) is 0 Å². The fourth-order valence-corrected chi connectivity index (χ4v) is 3.10. The predicted octanol–water partition coefficient (Wildman–Crippen LogP) is 3.05. The number of unbranched alkanes of at least 4 members (excludes halogenated alkanes) is 1. The average Bonchev–Trinajstić information content (AvgIpc) is 3.10. The van der Waals surface area contributed by atoms with Gasteiger partial charge >= 0.3 is 6.03 Å². The maximum Gasteiger partial charge on any atom is 0.321 e. The largest absolute Gasteiger partial charge is 0.338 e. The van der Waals surface area contributed by atoms with Crippen LogP contribution in [0.1, 0.15) is 36.2 Å². The average molecular weight is 345 g/mol. The highest BCUT2D eigenvalue weighted by molar-refractivity contribution is 7.10. The van der Waals surface area contributed by atoms with E-state index in [2.05, 4.69) is 16.0 Å². The van der Waals surface area contributed by atoms with E-state index in [0.29, 0.717) is 6.54 Å². The number of thiophene rings is 1. The lowest BCUT2D eigenvalue weighted by molar-refractivity contribution is -0.119. The molecule has 0 radical (unpaired) electrons. The van der Waals surface area contributed by atoms with Gasteiger partial charge < -0.3 is 5.32 Å². The molecule has 0 bridgehead atoms. The predicted molar refractivity (Wildman–Crippen MR) is 97.1 cm³/mol. The highest BCUT2D eigenvalue weighted by Gasteiger charge is 2.16. The second-order valence-corrected chi connectivity index (χ2v) is 6.38. The molecule has 1 aromatic carbocycles. The number of benzene rings is 1. The number of urea groups is 1. The zero-order valence-corrected chi connectivity index (χ0v) is 14.6. The van der Waals surface area contributed by atoms with Crippen LogP contribution in [-0.4, -0.2) is 25.0 Å². The molecule has 6 heteroatoms. The van der Waals surface area contributed by atoms with E-state index in [9.17, 15) is 9.59 Å². The van der Waals surface area contributed by atoms with Gasteiger partial charge in [0, 0.05) is 11.4 Å². The Balaban J connectivity index is 1.89. The Hall–Kier alpha value is -2.18. The third-order valence-corrected chi connectivity index (χ3v) is 4.43. The van der Waals surface area contributed by atoms with E-state index in [1.54, 1.807) is 11.3 Å². The standard InChI is InChI=1S/C18H23N3O2S/c1-2-3-11-19-18(23)21-16(22)13-20-17(15-10-7-12-24-15)14-8-5-4-6-9-14/h4-10,12,17,20H,2-3,11,13H2,1H3,(H2,19,21,22,23)/t17-/m0/s1. The van der Waals surface area contributed by atoms with Gasteiger partial charge in [0.15, 0.2) is 0 Å². The summed E-state index contributed by atoms with van der Waals surface area (Å²) in [6.07, 6.45) is 1.89. The van der Waals surface area contributed by atoms with Gasteiger partial charge in [0.25, 0.3) is 0 Å². The Morgan fingerprint density at radius 2 is 1.92 bits per heavy atom. The third-order valence-electron chi connectivity index (χ3n) is 3.50. The summed E-state index contributed by atoms with van der Waals surface area (Å²) in [5.41, 5.74) is 1.08. The Labute approximate surface area is 146 Å². The van der Waals surface area contributed by atoms with Crippen LogP contribution in [0, 0.1) is 0 Å². The van der Waals surface area contributed by atoms with Crippen molar-refractivity contribution in [3.05, 3.63) is 58.3 Å². The number of rotatable bonds is 8. The van der Waals surface area contributed by atoms with Crippen LogP contribution < -0.4 is 16.0 Å². The van der Waals surface area contributed by atoms with Crippen LogP contribution >= 0.6 is 11.3 Å². The molecular weight excluding hydrogens is 322 g/mol. The summed E-state index contributed by atoms with van der Waals surface area (Å²) in [5, 5.41) is 10.2. The molecule has 2 aromatic rings. The van der Waals surface area contributed by atoms with E-state index in [4.69, 9.17) is 0 Å². The van der Waals surface area contributed by atoms with Gasteiger partial charge in [-0.3, -0.25) is 15.4 Å². The molecule has 0 spiro atoms. The van der Waals surface area contributed by atoms with Crippen LogP contribution in [0.2, 0.25) is 0 Å². The van der Waals surface area contributed by atoms with Crippen molar-refractivity contribution in [3.63, 3.8) is 0 Å². The number of carbonyl (C=O) groups is 2. The first-order chi connectivity index (χ1) is 11.7. The Morgan fingerprint density at radius 3 is 2.58 bits per heavy atom. The molecule has 1 atom stereocenters. The van der Waals surface area contributed by atoms with Crippen molar-refractivity contribution in [2.24, 2.45) is 0 Å². The third kappa shape index (κ3) is 5.79. The van der Waals surface area contributed by atoms with Crippen molar-refractivity contribution in [2.45, 2.75) is 25.8 Å². The van der Waals surface area contributed by atoms with Gasteiger partial charge in [-0.25, -0.2) is 4.79 Å². The minimum Gasteiger partial charge on any atom is -0.338 e. The number of carbonyl (C=O) groups excluding carboxylic acids is 2. The molecule has 0 unspecified atom stereocenters. The molecule has 0 fully saturated rings. The molecule has 3 N–H and O–H groups in total. The summed E-state index contributed by atoms with van der Waals surface area (Å²) in [5.74, 6) is -0.346. The number of nitrogens with one attached hydrogen (secondary N) is 3. The van der Waals surface area contributed by atoms with Gasteiger partial charge in [0.2, 0.25) is 5.91 Å². The van der Waals surface area contributed by atoms with E-state index in [-0.39, 0.29) is 18.5 Å². The SMILES string of the molecule is CCCCNC(=O)NC(=O)CN[C@@H](c1ccccc1)c1cccs1. The topological polar surface area (TPSA) is 70.2 Å². The van der Waals surface area contributed by atoms with Crippen LogP contribution in [0.25, 0.3) is 0 Å². The lowest BCUT2D eigenvalue weighted by Crippen LogP contribution is -2.44. The fourth-order valence-electron chi connectivity index (χ4n) is 2.27. The summed E-state index contributed by atoms with van der Waals surface area (Å²) in [6.45, 7) is 2.69. The molecule has 5 nitrogen and oxygen atoms in total. The zero-order valence-electron chi connectivity index (χ0n) is 13.7. The molecule has 0 saturated heterocycles. The maximum absolute atomic E-state index is 12.0. The van der Waals surface area contributed by atoms with Gasteiger partial charge in [-0.15, -0.1) is 11.3 Å². The van der Waals surface area contributed by atoms with E-state index in [1.165, 1.54) is 0 Å². The molecule has 2 rings (SSSR count). The number of imide groups is 1. The molecular formula is C18H23N3O2S. The van der Waals surface area contributed by atoms with Crippen molar-refractivity contribution in [1.82, 2.24) is 16.0 Å². The van der Waals surface area contributed by atoms with Crippen LogP contribution in [0.5, 0.6) is 0 Å². The van der Waals surface area contributed by atoms with E-state index < -0.39 is 6.03 Å². The molecule has 1 heterocycles. The Kier molecular flexibility index (Phi) is 7.45. The smallest absolute Gasteiger partial charge is 0.321 e. The molecule has 0 saturated carbocycles. The number of hydrogen-bond acceptors (Lipinski definition) is 4. The van der Waals surface area contributed by atoms with Crippen LogP contribution in [0.3, 0.4) is 0 Å². The minimum absolute atomic E-state index is 0.0681. The van der Waals surface area contributed by atoms with Gasteiger partial charge in [0.05, 0.1) is 12.6 Å². The lowest BCUT2D eigenvalue weighted by Gasteiger charge is -2.17. The highest BCUT2D eigenvalue weighted by Crippen LogP contribution is 2.25. The zero-order chi connectivity index (χ0) is 17.2. The molecule has 0 aliphatic rings. The van der Waals surface area contributed by atoms with E-state index in [1.807, 2.05) is 54.8 Å². The first-order valence-electron chi connectivity index (χ1n) is 8.10. The van der Waals surface area contributed by atoms with E-state index in [0.717, 1.165) is 23.3 Å². The molecule has 3 amide bonds. The van der Waals surface area contributed by atoms with Crippen LogP contribution in [0.4, 0.5) is 4.79 Å². The molecule has 128 valence electrons. The van der Waals surface area contributed by atoms with E-state index >= 15 is 0 Å². The number of amides is 3. The van der Waals surface area contributed by atoms with Gasteiger partial charge in [-0.1, -0.05) is 49.7 Å². The lowest BCUT2D eigenvalue weighted by atomic mass is 10.1. The molecule has 24 heavy (non-hydrogen) atoms. The minimum atomic E-state index is -0.442. The normalized spacial score (nSPS) is 11.7. The molecule has 1 aromatic heterocycles. The van der Waals surface area contributed by atoms with Crippen molar-refractivity contribution >= 4 is 23.3 Å². The van der Waals surface area contributed by atoms with Gasteiger partial charge in [-0.2, -0.15) is 0 Å². The van der Waals surface area contributed by atoms with Crippen molar-refractivity contribution in [2.75, 3.05) is 13.1 Å². The Bertz CT molecular complexity index is 629. The summed E-state index contributed by atoms with van der Waals surface area (Å²) in [6, 6.07) is 13.5. The van der Waals surface area contributed by atoms with Crippen LogP contribution in [0.15, 0.2) is 47.8 Å². The van der Waals surface area contributed by atoms with Crippen molar-refractivity contribution < 1.29 is 9.59 Å². The van der Waals surface area contributed by atoms with Crippen molar-refractivity contribution in [3.8, 4) is 0 Å². The maximum atomic E-state index is 12.0. The summed E-state index contributed by atoms with van der Waals surface area (Å²) < 4.78 is 0. The fraction of sp³-hybridized carbons (Fsp3) is 0.333. The first-order valence-corrected chi connectivity index (χ1v) is 8.98. The Morgan fingerprint density at radius 1 is 1.12 bits per heavy atom. The van der Waals surface area contributed by atoms with Gasteiger partial charge in [-0.05, 0) is 23.4 Å². The summed E-state index contributed by atoms with van der Waals surface area (Å²) in [4.78, 5) is 24.7. The highest BCUT2D eigenvalue weighted by atomic mass is 32.1. The quantitative estimate of drug-likeness (QED) is 0.644. The monoisotopic (exact) mass is 345 g/mol. The summed E-state index contributed by atoms with van der Waals surface area (Å²) in [7, 11) is 0. The molecule has 0 aliphatic carbocycles. The van der Waals surface area contributed by atoms with Crippen LogP contribution in [-0.2, 0) is 4.79 Å². The summed E-state index contributed by atoms with van der Waals surface area (Å²) >= 11 is 1.63. The second kappa shape index (κ2) is 9.85. The number of hydrogen-bond donors (Lipinski definition) is 3. The van der Waals surface area contributed by atoms with Crippen molar-refractivity contribution in [1.29, 1.82) is 0 Å². The molecule has 0 aliphatic heterocycles. The second-order valence-electron chi connectivity index (χ2n) is 5.40. The first kappa shape index (κ1) is 18.2.